The lowest BCUT2D eigenvalue weighted by atomic mass is 9.92. The maximum absolute atomic E-state index is 12.7. The first-order valence-electron chi connectivity index (χ1n) is 8.01. The number of hydrogen-bond donors (Lipinski definition) is 1. The van der Waals surface area contributed by atoms with Gasteiger partial charge in [0.05, 0.1) is 4.88 Å². The van der Waals surface area contributed by atoms with Crippen LogP contribution in [0.2, 0.25) is 0 Å². The Balaban J connectivity index is 1.71. The zero-order chi connectivity index (χ0) is 17.3. The summed E-state index contributed by atoms with van der Waals surface area (Å²) in [5.41, 5.74) is 0.574. The minimum Gasteiger partial charge on any atom is -0.385 e. The standard InChI is InChI=1S/C17H21N3O3S/c1-11(21)13-8-14(24-10-13)17(23)20-6-3-4-12(9-20)15(22)16-18-5-7-19(16)2/h5,7-8,10,12,15,22H,3-4,6,9H2,1-2H3. The van der Waals surface area contributed by atoms with E-state index in [4.69, 9.17) is 0 Å². The lowest BCUT2D eigenvalue weighted by Crippen LogP contribution is -2.41. The molecule has 0 aromatic carbocycles. The van der Waals surface area contributed by atoms with Crippen LogP contribution in [0.1, 0.15) is 51.7 Å². The lowest BCUT2D eigenvalue weighted by Gasteiger charge is -2.34. The van der Waals surface area contributed by atoms with Crippen LogP contribution in [0.3, 0.4) is 0 Å². The SMILES string of the molecule is CC(=O)c1csc(C(=O)N2CCCC(C(O)c3nccn3C)C2)c1. The molecule has 24 heavy (non-hydrogen) atoms. The summed E-state index contributed by atoms with van der Waals surface area (Å²) in [6.45, 7) is 2.67. The van der Waals surface area contributed by atoms with E-state index in [1.54, 1.807) is 28.7 Å². The summed E-state index contributed by atoms with van der Waals surface area (Å²) in [6, 6.07) is 1.66. The third-order valence-electron chi connectivity index (χ3n) is 4.53. The van der Waals surface area contributed by atoms with Crippen molar-refractivity contribution in [1.29, 1.82) is 0 Å². The van der Waals surface area contributed by atoms with Crippen LogP contribution in [0.25, 0.3) is 0 Å². The Morgan fingerprint density at radius 1 is 1.46 bits per heavy atom. The number of ketones is 1. The van der Waals surface area contributed by atoms with Gasteiger partial charge in [-0.25, -0.2) is 4.98 Å². The molecular weight excluding hydrogens is 326 g/mol. The summed E-state index contributed by atoms with van der Waals surface area (Å²) in [7, 11) is 1.85. The van der Waals surface area contributed by atoms with Gasteiger partial charge in [0.1, 0.15) is 11.9 Å². The number of aliphatic hydroxyl groups excluding tert-OH is 1. The number of Topliss-reactive ketones (excluding diaryl/α,β-unsaturated/α-hetero) is 1. The molecule has 1 fully saturated rings. The molecule has 2 aromatic rings. The van der Waals surface area contributed by atoms with Crippen molar-refractivity contribution in [3.8, 4) is 0 Å². The van der Waals surface area contributed by atoms with Crippen molar-refractivity contribution in [3.63, 3.8) is 0 Å². The number of hydrogen-bond acceptors (Lipinski definition) is 5. The van der Waals surface area contributed by atoms with E-state index in [1.807, 2.05) is 11.6 Å². The number of amides is 1. The van der Waals surface area contributed by atoms with Crippen molar-refractivity contribution in [2.45, 2.75) is 25.9 Å². The highest BCUT2D eigenvalue weighted by Crippen LogP contribution is 2.30. The molecule has 1 amide bonds. The molecule has 0 aliphatic carbocycles. The zero-order valence-electron chi connectivity index (χ0n) is 13.8. The van der Waals surface area contributed by atoms with Crippen LogP contribution in [0.15, 0.2) is 23.8 Å². The number of nitrogens with zero attached hydrogens (tertiary/aromatic N) is 3. The molecule has 2 unspecified atom stereocenters. The fourth-order valence-electron chi connectivity index (χ4n) is 3.11. The van der Waals surface area contributed by atoms with Crippen molar-refractivity contribution in [1.82, 2.24) is 14.5 Å². The Morgan fingerprint density at radius 3 is 2.88 bits per heavy atom. The molecule has 2 atom stereocenters. The molecule has 7 heteroatoms. The van der Waals surface area contributed by atoms with Gasteiger partial charge < -0.3 is 14.6 Å². The molecular formula is C17H21N3O3S. The van der Waals surface area contributed by atoms with Gasteiger partial charge in [-0.05, 0) is 25.8 Å². The van der Waals surface area contributed by atoms with Crippen molar-refractivity contribution >= 4 is 23.0 Å². The van der Waals surface area contributed by atoms with E-state index in [9.17, 15) is 14.7 Å². The van der Waals surface area contributed by atoms with Crippen molar-refractivity contribution < 1.29 is 14.7 Å². The molecule has 1 N–H and O–H groups in total. The van der Waals surface area contributed by atoms with Gasteiger partial charge in [-0.3, -0.25) is 9.59 Å². The van der Waals surface area contributed by atoms with E-state index in [-0.39, 0.29) is 17.6 Å². The van der Waals surface area contributed by atoms with E-state index in [2.05, 4.69) is 4.98 Å². The maximum atomic E-state index is 12.7. The fourth-order valence-corrected chi connectivity index (χ4v) is 4.03. The normalized spacial score (nSPS) is 19.3. The lowest BCUT2D eigenvalue weighted by molar-refractivity contribution is 0.0361. The maximum Gasteiger partial charge on any atom is 0.263 e. The van der Waals surface area contributed by atoms with E-state index in [0.717, 1.165) is 12.8 Å². The summed E-state index contributed by atoms with van der Waals surface area (Å²) in [4.78, 5) is 30.6. The number of thiophene rings is 1. The highest BCUT2D eigenvalue weighted by Gasteiger charge is 2.31. The fraction of sp³-hybridized carbons (Fsp3) is 0.471. The first-order chi connectivity index (χ1) is 11.5. The number of aliphatic hydroxyl groups is 1. The minimum atomic E-state index is -0.684. The summed E-state index contributed by atoms with van der Waals surface area (Å²) in [6.07, 6.45) is 4.50. The predicted molar refractivity (Wildman–Crippen MR) is 91.1 cm³/mol. The number of aryl methyl sites for hydroxylation is 1. The quantitative estimate of drug-likeness (QED) is 0.861. The van der Waals surface area contributed by atoms with Gasteiger partial charge in [0.2, 0.25) is 0 Å². The first-order valence-corrected chi connectivity index (χ1v) is 8.89. The molecule has 3 heterocycles. The van der Waals surface area contributed by atoms with Gasteiger partial charge in [-0.1, -0.05) is 0 Å². The van der Waals surface area contributed by atoms with Gasteiger partial charge in [-0.15, -0.1) is 11.3 Å². The molecule has 1 aliphatic rings. The van der Waals surface area contributed by atoms with Crippen molar-refractivity contribution in [2.75, 3.05) is 13.1 Å². The Labute approximate surface area is 144 Å². The highest BCUT2D eigenvalue weighted by atomic mass is 32.1. The number of carbonyl (C=O) groups excluding carboxylic acids is 2. The van der Waals surface area contributed by atoms with Gasteiger partial charge in [0.15, 0.2) is 5.78 Å². The number of carbonyl (C=O) groups is 2. The number of aromatic nitrogens is 2. The van der Waals surface area contributed by atoms with Crippen LogP contribution in [0, 0.1) is 5.92 Å². The van der Waals surface area contributed by atoms with Gasteiger partial charge in [-0.2, -0.15) is 0 Å². The molecule has 0 bridgehead atoms. The van der Waals surface area contributed by atoms with Crippen LogP contribution in [0.5, 0.6) is 0 Å². The number of piperidine rings is 1. The topological polar surface area (TPSA) is 75.4 Å². The van der Waals surface area contributed by atoms with Crippen molar-refractivity contribution in [2.24, 2.45) is 13.0 Å². The molecule has 1 aliphatic heterocycles. The summed E-state index contributed by atoms with van der Waals surface area (Å²) < 4.78 is 1.81. The molecule has 6 nitrogen and oxygen atoms in total. The molecule has 3 rings (SSSR count). The van der Waals surface area contributed by atoms with Crippen LogP contribution < -0.4 is 0 Å². The van der Waals surface area contributed by atoms with E-state index >= 15 is 0 Å². The Hall–Kier alpha value is -1.99. The molecule has 0 spiro atoms. The zero-order valence-corrected chi connectivity index (χ0v) is 14.6. The van der Waals surface area contributed by atoms with Crippen LogP contribution in [0.4, 0.5) is 0 Å². The number of imidazole rings is 1. The smallest absolute Gasteiger partial charge is 0.263 e. The second-order valence-corrected chi connectivity index (χ2v) is 7.16. The second-order valence-electron chi connectivity index (χ2n) is 6.25. The largest absolute Gasteiger partial charge is 0.385 e. The molecule has 2 aromatic heterocycles. The van der Waals surface area contributed by atoms with Crippen LogP contribution in [-0.4, -0.2) is 44.3 Å². The van der Waals surface area contributed by atoms with Gasteiger partial charge in [0.25, 0.3) is 5.91 Å². The first kappa shape index (κ1) is 16.9. The summed E-state index contributed by atoms with van der Waals surface area (Å²) in [5, 5.41) is 12.3. The average molecular weight is 347 g/mol. The van der Waals surface area contributed by atoms with Crippen molar-refractivity contribution in [3.05, 3.63) is 40.1 Å². The van der Waals surface area contributed by atoms with E-state index in [0.29, 0.717) is 29.4 Å². The monoisotopic (exact) mass is 347 g/mol. The second kappa shape index (κ2) is 6.86. The third kappa shape index (κ3) is 3.27. The molecule has 0 saturated carbocycles. The molecule has 0 radical (unpaired) electrons. The third-order valence-corrected chi connectivity index (χ3v) is 5.45. The molecule has 128 valence electrons. The highest BCUT2D eigenvalue weighted by molar-refractivity contribution is 7.12. The summed E-state index contributed by atoms with van der Waals surface area (Å²) >= 11 is 1.30. The van der Waals surface area contributed by atoms with E-state index in [1.165, 1.54) is 18.3 Å². The van der Waals surface area contributed by atoms with Crippen LogP contribution >= 0.6 is 11.3 Å². The Kier molecular flexibility index (Phi) is 4.82. The predicted octanol–water partition coefficient (Wildman–Crippen LogP) is 2.27. The number of likely N-dealkylation sites (tertiary alicyclic amines) is 1. The van der Waals surface area contributed by atoms with Gasteiger partial charge >= 0.3 is 0 Å². The Bertz CT molecular complexity index is 752. The van der Waals surface area contributed by atoms with Crippen LogP contribution in [-0.2, 0) is 7.05 Å². The average Bonchev–Trinajstić information content (AvgIpc) is 3.22. The minimum absolute atomic E-state index is 0.0314. The molecule has 1 saturated heterocycles. The summed E-state index contributed by atoms with van der Waals surface area (Å²) in [5.74, 6) is 0.497. The number of rotatable bonds is 4. The Morgan fingerprint density at radius 2 is 2.25 bits per heavy atom. The van der Waals surface area contributed by atoms with E-state index < -0.39 is 6.10 Å². The van der Waals surface area contributed by atoms with Gasteiger partial charge in [0, 0.05) is 49.4 Å².